The molecule has 1 rings (SSSR count). The summed E-state index contributed by atoms with van der Waals surface area (Å²) < 4.78 is 11.4. The Morgan fingerprint density at radius 3 is 2.67 bits per heavy atom. The van der Waals surface area contributed by atoms with Crippen LogP contribution in [0, 0.1) is 0 Å². The number of rotatable bonds is 6. The van der Waals surface area contributed by atoms with Gasteiger partial charge in [-0.3, -0.25) is 0 Å². The number of aryl methyl sites for hydroxylation is 1. The van der Waals surface area contributed by atoms with Gasteiger partial charge in [-0.2, -0.15) is 0 Å². The second-order valence-electron chi connectivity index (χ2n) is 3.41. The van der Waals surface area contributed by atoms with Gasteiger partial charge in [0, 0.05) is 18.2 Å². The number of hydrogen-bond donors (Lipinski definition) is 0. The van der Waals surface area contributed by atoms with Crippen LogP contribution in [0.15, 0.2) is 22.7 Å². The molecule has 0 aliphatic heterocycles. The average Bonchev–Trinajstić information content (AvgIpc) is 2.25. The third kappa shape index (κ3) is 4.22. The lowest BCUT2D eigenvalue weighted by Gasteiger charge is -2.08. The molecule has 0 atom stereocenters. The quantitative estimate of drug-likeness (QED) is 0.739. The van der Waals surface area contributed by atoms with Crippen molar-refractivity contribution < 1.29 is 9.47 Å². The van der Waals surface area contributed by atoms with Crippen molar-refractivity contribution >= 4 is 15.9 Å². The van der Waals surface area contributed by atoms with E-state index in [0.717, 1.165) is 36.1 Å². The molecule has 0 saturated carbocycles. The highest BCUT2D eigenvalue weighted by Gasteiger charge is 2.03. The van der Waals surface area contributed by atoms with Crippen LogP contribution in [-0.4, -0.2) is 20.8 Å². The lowest BCUT2D eigenvalue weighted by Crippen LogP contribution is -1.95. The predicted octanol–water partition coefficient (Wildman–Crippen LogP) is 3.43. The molecule has 0 aromatic heterocycles. The highest BCUT2D eigenvalue weighted by Crippen LogP contribution is 2.24. The van der Waals surface area contributed by atoms with Crippen LogP contribution in [0.25, 0.3) is 0 Å². The summed E-state index contributed by atoms with van der Waals surface area (Å²) >= 11 is 3.47. The Hall–Kier alpha value is -0.540. The highest BCUT2D eigenvalue weighted by molar-refractivity contribution is 9.10. The summed E-state index contributed by atoms with van der Waals surface area (Å²) in [7, 11) is 3.45. The molecule has 0 aliphatic carbocycles. The van der Waals surface area contributed by atoms with Gasteiger partial charge in [0.25, 0.3) is 0 Å². The van der Waals surface area contributed by atoms with E-state index in [4.69, 9.17) is 9.47 Å². The molecule has 0 spiro atoms. The van der Waals surface area contributed by atoms with E-state index in [1.54, 1.807) is 14.2 Å². The van der Waals surface area contributed by atoms with Crippen molar-refractivity contribution in [3.8, 4) is 5.75 Å². The first-order chi connectivity index (χ1) is 7.27. The fraction of sp³-hybridized carbons (Fsp3) is 0.500. The van der Waals surface area contributed by atoms with Crippen molar-refractivity contribution in [1.29, 1.82) is 0 Å². The van der Waals surface area contributed by atoms with E-state index in [9.17, 15) is 0 Å². The third-order valence-electron chi connectivity index (χ3n) is 2.29. The minimum atomic E-state index is 0.830. The first-order valence-corrected chi connectivity index (χ1v) is 5.88. The van der Waals surface area contributed by atoms with Crippen molar-refractivity contribution in [1.82, 2.24) is 0 Å². The van der Waals surface area contributed by atoms with Gasteiger partial charge in [-0.15, -0.1) is 0 Å². The van der Waals surface area contributed by atoms with Gasteiger partial charge in [-0.1, -0.05) is 15.9 Å². The summed E-state index contributed by atoms with van der Waals surface area (Å²) in [4.78, 5) is 0. The monoisotopic (exact) mass is 272 g/mol. The van der Waals surface area contributed by atoms with Gasteiger partial charge in [-0.25, -0.2) is 0 Å². The van der Waals surface area contributed by atoms with Crippen LogP contribution >= 0.6 is 15.9 Å². The van der Waals surface area contributed by atoms with E-state index in [1.165, 1.54) is 5.56 Å². The second kappa shape index (κ2) is 6.85. The van der Waals surface area contributed by atoms with Crippen molar-refractivity contribution in [2.24, 2.45) is 0 Å². The van der Waals surface area contributed by atoms with Crippen molar-refractivity contribution in [3.05, 3.63) is 28.2 Å². The fourth-order valence-electron chi connectivity index (χ4n) is 1.50. The summed E-state index contributed by atoms with van der Waals surface area (Å²) in [6, 6.07) is 6.11. The van der Waals surface area contributed by atoms with Crippen LogP contribution < -0.4 is 4.74 Å². The van der Waals surface area contributed by atoms with Gasteiger partial charge in [0.1, 0.15) is 5.75 Å². The van der Waals surface area contributed by atoms with E-state index in [1.807, 2.05) is 12.1 Å². The minimum absolute atomic E-state index is 0.830. The normalized spacial score (nSPS) is 10.3. The molecule has 0 aliphatic rings. The number of halogens is 1. The zero-order valence-electron chi connectivity index (χ0n) is 9.25. The first-order valence-electron chi connectivity index (χ1n) is 5.09. The van der Waals surface area contributed by atoms with Crippen molar-refractivity contribution in [3.63, 3.8) is 0 Å². The van der Waals surface area contributed by atoms with Crippen LogP contribution in [0.4, 0.5) is 0 Å². The molecule has 2 nitrogen and oxygen atoms in total. The molecular weight excluding hydrogens is 256 g/mol. The molecule has 0 heterocycles. The van der Waals surface area contributed by atoms with Crippen LogP contribution in [0.1, 0.15) is 18.4 Å². The van der Waals surface area contributed by atoms with Gasteiger partial charge >= 0.3 is 0 Å². The Labute approximate surface area is 99.7 Å². The molecule has 0 unspecified atom stereocenters. The molecule has 1 aromatic carbocycles. The molecule has 0 radical (unpaired) electrons. The standard InChI is InChI=1S/C12H17BrO2/c1-14-8-4-3-5-10-9-11(13)6-7-12(10)15-2/h6-7,9H,3-5,8H2,1-2H3. The van der Waals surface area contributed by atoms with E-state index < -0.39 is 0 Å². The molecule has 0 amide bonds. The van der Waals surface area contributed by atoms with Crippen LogP contribution in [0.2, 0.25) is 0 Å². The largest absolute Gasteiger partial charge is 0.496 e. The molecule has 0 fully saturated rings. The summed E-state index contributed by atoms with van der Waals surface area (Å²) in [6.07, 6.45) is 3.25. The maximum absolute atomic E-state index is 5.31. The van der Waals surface area contributed by atoms with Gasteiger partial charge < -0.3 is 9.47 Å². The minimum Gasteiger partial charge on any atom is -0.496 e. The zero-order chi connectivity index (χ0) is 11.1. The Kier molecular flexibility index (Phi) is 5.73. The first kappa shape index (κ1) is 12.5. The Morgan fingerprint density at radius 1 is 1.20 bits per heavy atom. The second-order valence-corrected chi connectivity index (χ2v) is 4.32. The Balaban J connectivity index is 2.54. The van der Waals surface area contributed by atoms with Crippen LogP contribution in [0.5, 0.6) is 5.75 Å². The van der Waals surface area contributed by atoms with Crippen LogP contribution in [-0.2, 0) is 11.2 Å². The van der Waals surface area contributed by atoms with Gasteiger partial charge in [0.05, 0.1) is 7.11 Å². The third-order valence-corrected chi connectivity index (χ3v) is 2.78. The zero-order valence-corrected chi connectivity index (χ0v) is 10.8. The predicted molar refractivity (Wildman–Crippen MR) is 65.5 cm³/mol. The summed E-state index contributed by atoms with van der Waals surface area (Å²) in [5.41, 5.74) is 1.25. The molecule has 1 aromatic rings. The molecule has 0 saturated heterocycles. The average molecular weight is 273 g/mol. The highest BCUT2D eigenvalue weighted by atomic mass is 79.9. The van der Waals surface area contributed by atoms with Gasteiger partial charge in [0.2, 0.25) is 0 Å². The Bertz CT molecular complexity index is 300. The van der Waals surface area contributed by atoms with Crippen molar-refractivity contribution in [2.75, 3.05) is 20.8 Å². The number of ether oxygens (including phenoxy) is 2. The lowest BCUT2D eigenvalue weighted by atomic mass is 10.1. The van der Waals surface area contributed by atoms with E-state index in [2.05, 4.69) is 22.0 Å². The van der Waals surface area contributed by atoms with Crippen LogP contribution in [0.3, 0.4) is 0 Å². The smallest absolute Gasteiger partial charge is 0.122 e. The SMILES string of the molecule is COCCCCc1cc(Br)ccc1OC. The molecular formula is C12H17BrO2. The Morgan fingerprint density at radius 2 is 2.00 bits per heavy atom. The maximum atomic E-state index is 5.31. The molecule has 0 N–H and O–H groups in total. The molecule has 15 heavy (non-hydrogen) atoms. The number of benzene rings is 1. The molecule has 84 valence electrons. The summed E-state index contributed by atoms with van der Waals surface area (Å²) in [5, 5.41) is 0. The number of unbranched alkanes of at least 4 members (excludes halogenated alkanes) is 1. The lowest BCUT2D eigenvalue weighted by molar-refractivity contribution is 0.193. The fourth-order valence-corrected chi connectivity index (χ4v) is 1.91. The van der Waals surface area contributed by atoms with E-state index in [0.29, 0.717) is 0 Å². The van der Waals surface area contributed by atoms with E-state index >= 15 is 0 Å². The van der Waals surface area contributed by atoms with Gasteiger partial charge in [-0.05, 0) is 43.0 Å². The summed E-state index contributed by atoms with van der Waals surface area (Å²) in [5.74, 6) is 0.968. The molecule has 0 bridgehead atoms. The number of hydrogen-bond acceptors (Lipinski definition) is 2. The topological polar surface area (TPSA) is 18.5 Å². The summed E-state index contributed by atoms with van der Waals surface area (Å²) in [6.45, 7) is 0.830. The van der Waals surface area contributed by atoms with E-state index in [-0.39, 0.29) is 0 Å². The number of methoxy groups -OCH3 is 2. The van der Waals surface area contributed by atoms with Gasteiger partial charge in [0.15, 0.2) is 0 Å². The maximum Gasteiger partial charge on any atom is 0.122 e. The van der Waals surface area contributed by atoms with Crippen molar-refractivity contribution in [2.45, 2.75) is 19.3 Å². The molecule has 3 heteroatoms.